The molecule has 1 heteroatoms. The Labute approximate surface area is 107 Å². The standard InChI is InChI=1S/C16H15Cl/c1-11(10-17)12-6-7-16-14(8-12)9-13-4-2-3-5-15(13)16/h2-8,11H,9-10H2,1H3. The van der Waals surface area contributed by atoms with Crippen LogP contribution < -0.4 is 0 Å². The molecule has 0 saturated carbocycles. The molecule has 0 N–H and O–H groups in total. The van der Waals surface area contributed by atoms with E-state index in [4.69, 9.17) is 11.6 Å². The van der Waals surface area contributed by atoms with Crippen LogP contribution in [0, 0.1) is 0 Å². The molecule has 17 heavy (non-hydrogen) atoms. The monoisotopic (exact) mass is 242 g/mol. The molecule has 0 fully saturated rings. The quantitative estimate of drug-likeness (QED) is 0.576. The van der Waals surface area contributed by atoms with E-state index in [1.807, 2.05) is 0 Å². The first kappa shape index (κ1) is 10.9. The van der Waals surface area contributed by atoms with Crippen molar-refractivity contribution in [3.63, 3.8) is 0 Å². The predicted octanol–water partition coefficient (Wildman–Crippen LogP) is 4.60. The topological polar surface area (TPSA) is 0 Å². The van der Waals surface area contributed by atoms with Crippen molar-refractivity contribution in [2.45, 2.75) is 19.3 Å². The molecule has 86 valence electrons. The first-order valence-electron chi connectivity index (χ1n) is 6.06. The van der Waals surface area contributed by atoms with Crippen LogP contribution in [0.2, 0.25) is 0 Å². The lowest BCUT2D eigenvalue weighted by Crippen LogP contribution is -1.95. The Morgan fingerprint density at radius 2 is 1.82 bits per heavy atom. The van der Waals surface area contributed by atoms with Gasteiger partial charge in [-0.1, -0.05) is 49.4 Å². The molecule has 0 aromatic heterocycles. The van der Waals surface area contributed by atoms with Crippen LogP contribution in [0.1, 0.15) is 29.5 Å². The molecule has 0 spiro atoms. The minimum Gasteiger partial charge on any atom is -0.126 e. The van der Waals surface area contributed by atoms with Crippen molar-refractivity contribution in [1.29, 1.82) is 0 Å². The Morgan fingerprint density at radius 3 is 2.65 bits per heavy atom. The van der Waals surface area contributed by atoms with E-state index in [0.29, 0.717) is 11.8 Å². The van der Waals surface area contributed by atoms with E-state index in [1.54, 1.807) is 0 Å². The molecule has 0 amide bonds. The second-order valence-corrected chi connectivity index (χ2v) is 5.11. The molecule has 3 rings (SSSR count). The fourth-order valence-corrected chi connectivity index (χ4v) is 2.74. The summed E-state index contributed by atoms with van der Waals surface area (Å²) in [7, 11) is 0. The van der Waals surface area contributed by atoms with E-state index < -0.39 is 0 Å². The van der Waals surface area contributed by atoms with E-state index >= 15 is 0 Å². The van der Waals surface area contributed by atoms with Gasteiger partial charge in [0.25, 0.3) is 0 Å². The summed E-state index contributed by atoms with van der Waals surface area (Å²) in [5.74, 6) is 1.12. The highest BCUT2D eigenvalue weighted by atomic mass is 35.5. The summed E-state index contributed by atoms with van der Waals surface area (Å²) >= 11 is 5.93. The first-order valence-corrected chi connectivity index (χ1v) is 6.60. The van der Waals surface area contributed by atoms with Gasteiger partial charge >= 0.3 is 0 Å². The van der Waals surface area contributed by atoms with E-state index in [0.717, 1.165) is 6.42 Å². The van der Waals surface area contributed by atoms with Crippen molar-refractivity contribution in [3.05, 3.63) is 59.2 Å². The average Bonchev–Trinajstić information content (AvgIpc) is 2.75. The summed E-state index contributed by atoms with van der Waals surface area (Å²) in [6, 6.07) is 15.5. The molecule has 0 aliphatic heterocycles. The van der Waals surface area contributed by atoms with E-state index in [2.05, 4.69) is 49.4 Å². The Morgan fingerprint density at radius 1 is 1.06 bits per heavy atom. The van der Waals surface area contributed by atoms with Gasteiger partial charge in [0.05, 0.1) is 0 Å². The number of rotatable bonds is 2. The molecule has 1 aliphatic carbocycles. The van der Waals surface area contributed by atoms with Crippen LogP contribution in [0.25, 0.3) is 11.1 Å². The van der Waals surface area contributed by atoms with Gasteiger partial charge in [0.15, 0.2) is 0 Å². The number of alkyl halides is 1. The van der Waals surface area contributed by atoms with Gasteiger partial charge in [-0.05, 0) is 40.2 Å². The van der Waals surface area contributed by atoms with Gasteiger partial charge in [-0.2, -0.15) is 0 Å². The maximum Gasteiger partial charge on any atom is 0.0289 e. The number of hydrogen-bond acceptors (Lipinski definition) is 0. The minimum absolute atomic E-state index is 0.436. The molecule has 0 heterocycles. The van der Waals surface area contributed by atoms with Crippen LogP contribution in [0.4, 0.5) is 0 Å². The van der Waals surface area contributed by atoms with Crippen molar-refractivity contribution >= 4 is 11.6 Å². The molecule has 1 atom stereocenters. The molecule has 0 nitrogen and oxygen atoms in total. The fraction of sp³-hybridized carbons (Fsp3) is 0.250. The summed E-state index contributed by atoms with van der Waals surface area (Å²) in [6.45, 7) is 2.18. The van der Waals surface area contributed by atoms with Gasteiger partial charge in [0.1, 0.15) is 0 Å². The summed E-state index contributed by atoms with van der Waals surface area (Å²) in [5, 5.41) is 0. The zero-order chi connectivity index (χ0) is 11.8. The Hall–Kier alpha value is -1.27. The molecule has 1 unspecified atom stereocenters. The van der Waals surface area contributed by atoms with Crippen molar-refractivity contribution in [2.75, 3.05) is 5.88 Å². The zero-order valence-corrected chi connectivity index (χ0v) is 10.7. The third kappa shape index (κ3) is 1.77. The second-order valence-electron chi connectivity index (χ2n) is 4.81. The highest BCUT2D eigenvalue weighted by Gasteiger charge is 2.18. The summed E-state index contributed by atoms with van der Waals surface area (Å²) in [6.07, 6.45) is 1.06. The van der Waals surface area contributed by atoms with Gasteiger partial charge in [-0.25, -0.2) is 0 Å². The molecule has 0 bridgehead atoms. The lowest BCUT2D eigenvalue weighted by atomic mass is 9.97. The highest BCUT2D eigenvalue weighted by Crippen LogP contribution is 2.37. The van der Waals surface area contributed by atoms with Gasteiger partial charge in [-0.3, -0.25) is 0 Å². The molecular weight excluding hydrogens is 228 g/mol. The number of hydrogen-bond donors (Lipinski definition) is 0. The largest absolute Gasteiger partial charge is 0.126 e. The van der Waals surface area contributed by atoms with Crippen LogP contribution in [-0.2, 0) is 6.42 Å². The van der Waals surface area contributed by atoms with E-state index in [1.165, 1.54) is 27.8 Å². The van der Waals surface area contributed by atoms with E-state index in [9.17, 15) is 0 Å². The van der Waals surface area contributed by atoms with Gasteiger partial charge < -0.3 is 0 Å². The van der Waals surface area contributed by atoms with Crippen LogP contribution in [0.3, 0.4) is 0 Å². The summed E-state index contributed by atoms with van der Waals surface area (Å²) in [5.41, 5.74) is 7.03. The SMILES string of the molecule is CC(CCl)c1ccc2c(c1)Cc1ccccc1-2. The third-order valence-electron chi connectivity index (χ3n) is 3.62. The lowest BCUT2D eigenvalue weighted by Gasteiger charge is -2.10. The Balaban J connectivity index is 2.07. The van der Waals surface area contributed by atoms with Crippen LogP contribution in [0.5, 0.6) is 0 Å². The smallest absolute Gasteiger partial charge is 0.0289 e. The van der Waals surface area contributed by atoms with Crippen molar-refractivity contribution < 1.29 is 0 Å². The molecule has 1 aliphatic rings. The van der Waals surface area contributed by atoms with Crippen LogP contribution in [-0.4, -0.2) is 5.88 Å². The summed E-state index contributed by atoms with van der Waals surface area (Å²) < 4.78 is 0. The molecule has 2 aromatic carbocycles. The van der Waals surface area contributed by atoms with Gasteiger partial charge in [-0.15, -0.1) is 11.6 Å². The average molecular weight is 243 g/mol. The van der Waals surface area contributed by atoms with Gasteiger partial charge in [0, 0.05) is 5.88 Å². The number of benzene rings is 2. The highest BCUT2D eigenvalue weighted by molar-refractivity contribution is 6.18. The first-order chi connectivity index (χ1) is 8.29. The molecule has 2 aromatic rings. The minimum atomic E-state index is 0.436. The van der Waals surface area contributed by atoms with E-state index in [-0.39, 0.29) is 0 Å². The maximum absolute atomic E-state index is 5.93. The van der Waals surface area contributed by atoms with Crippen molar-refractivity contribution in [1.82, 2.24) is 0 Å². The Bertz CT molecular complexity index is 557. The van der Waals surface area contributed by atoms with Crippen molar-refractivity contribution in [3.8, 4) is 11.1 Å². The fourth-order valence-electron chi connectivity index (χ4n) is 2.56. The second kappa shape index (κ2) is 4.19. The van der Waals surface area contributed by atoms with Gasteiger partial charge in [0.2, 0.25) is 0 Å². The van der Waals surface area contributed by atoms with Crippen LogP contribution >= 0.6 is 11.6 Å². The molecule has 0 saturated heterocycles. The number of fused-ring (bicyclic) bond motifs is 3. The third-order valence-corrected chi connectivity index (χ3v) is 4.08. The lowest BCUT2D eigenvalue weighted by molar-refractivity contribution is 0.873. The molecular formula is C16H15Cl. The normalized spacial score (nSPS) is 14.2. The zero-order valence-electron chi connectivity index (χ0n) is 9.91. The number of halogens is 1. The summed E-state index contributed by atoms with van der Waals surface area (Å²) in [4.78, 5) is 0. The van der Waals surface area contributed by atoms with Crippen molar-refractivity contribution in [2.24, 2.45) is 0 Å². The maximum atomic E-state index is 5.93. The Kier molecular flexibility index (Phi) is 2.68. The predicted molar refractivity (Wildman–Crippen MR) is 73.8 cm³/mol. The van der Waals surface area contributed by atoms with Crippen LogP contribution in [0.15, 0.2) is 42.5 Å². The molecule has 0 radical (unpaired) electrons.